The molecule has 0 aliphatic carbocycles. The first kappa shape index (κ1) is 14.8. The molecule has 1 N–H and O–H groups in total. The first-order valence-corrected chi connectivity index (χ1v) is 8.04. The third-order valence-corrected chi connectivity index (χ3v) is 4.20. The molecule has 1 aromatic heterocycles. The molecular formula is C17H14ClN3S. The fraction of sp³-hybridized carbons (Fsp3) is 0.0588. The molecule has 0 aliphatic heterocycles. The number of aromatic nitrogens is 1. The van der Waals surface area contributed by atoms with Crippen molar-refractivity contribution in [3.8, 4) is 11.3 Å². The zero-order chi connectivity index (χ0) is 15.4. The molecule has 0 saturated carbocycles. The Hall–Kier alpha value is -2.17. The minimum Gasteiger partial charge on any atom is -0.253 e. The van der Waals surface area contributed by atoms with Gasteiger partial charge in [-0.2, -0.15) is 5.10 Å². The summed E-state index contributed by atoms with van der Waals surface area (Å²) < 4.78 is 0. The van der Waals surface area contributed by atoms with E-state index < -0.39 is 0 Å². The number of thiazole rings is 1. The van der Waals surface area contributed by atoms with Crippen LogP contribution in [0.15, 0.2) is 59.0 Å². The molecule has 0 unspecified atom stereocenters. The lowest BCUT2D eigenvalue weighted by Gasteiger charge is -1.98. The van der Waals surface area contributed by atoms with Crippen LogP contribution >= 0.6 is 22.9 Å². The molecule has 1 heterocycles. The van der Waals surface area contributed by atoms with E-state index in [1.807, 2.05) is 47.8 Å². The molecule has 0 atom stereocenters. The maximum absolute atomic E-state index is 5.89. The maximum atomic E-state index is 5.89. The lowest BCUT2D eigenvalue weighted by atomic mass is 10.1. The Labute approximate surface area is 138 Å². The van der Waals surface area contributed by atoms with E-state index in [0.29, 0.717) is 0 Å². The van der Waals surface area contributed by atoms with Gasteiger partial charge in [-0.1, -0.05) is 48.0 Å². The van der Waals surface area contributed by atoms with Crippen LogP contribution in [-0.2, 0) is 0 Å². The molecule has 3 aromatic rings. The third-order valence-electron chi connectivity index (χ3n) is 3.20. The predicted molar refractivity (Wildman–Crippen MR) is 95.0 cm³/mol. The van der Waals surface area contributed by atoms with Gasteiger partial charge in [-0.3, -0.25) is 5.43 Å². The number of nitrogens with zero attached hydrogens (tertiary/aromatic N) is 2. The highest BCUT2D eigenvalue weighted by Crippen LogP contribution is 2.25. The topological polar surface area (TPSA) is 37.3 Å². The van der Waals surface area contributed by atoms with Crippen LogP contribution in [0.4, 0.5) is 5.13 Å². The minimum atomic E-state index is 0.722. The number of benzene rings is 2. The zero-order valence-corrected chi connectivity index (χ0v) is 13.5. The second-order valence-electron chi connectivity index (χ2n) is 4.77. The van der Waals surface area contributed by atoms with E-state index >= 15 is 0 Å². The smallest absolute Gasteiger partial charge is 0.203 e. The first-order chi connectivity index (χ1) is 10.7. The first-order valence-electron chi connectivity index (χ1n) is 6.78. The Bertz CT molecular complexity index is 794. The van der Waals surface area contributed by atoms with Crippen molar-refractivity contribution >= 4 is 34.3 Å². The Morgan fingerprint density at radius 2 is 1.91 bits per heavy atom. The van der Waals surface area contributed by atoms with Gasteiger partial charge in [0.15, 0.2) is 0 Å². The second kappa shape index (κ2) is 6.73. The number of hydrazone groups is 1. The number of halogens is 1. The number of aryl methyl sites for hydroxylation is 1. The van der Waals surface area contributed by atoms with Crippen molar-refractivity contribution in [2.45, 2.75) is 6.92 Å². The number of hydrogen-bond acceptors (Lipinski definition) is 4. The molecule has 2 aromatic carbocycles. The van der Waals surface area contributed by atoms with E-state index in [4.69, 9.17) is 11.6 Å². The summed E-state index contributed by atoms with van der Waals surface area (Å²) in [5, 5.41) is 7.72. The van der Waals surface area contributed by atoms with E-state index in [-0.39, 0.29) is 0 Å². The Morgan fingerprint density at radius 1 is 1.14 bits per heavy atom. The minimum absolute atomic E-state index is 0.722. The van der Waals surface area contributed by atoms with Gasteiger partial charge in [0.2, 0.25) is 5.13 Å². The lowest BCUT2D eigenvalue weighted by Crippen LogP contribution is -1.92. The highest BCUT2D eigenvalue weighted by Gasteiger charge is 2.03. The van der Waals surface area contributed by atoms with Gasteiger partial charge >= 0.3 is 0 Å². The summed E-state index contributed by atoms with van der Waals surface area (Å²) in [6.45, 7) is 2.06. The van der Waals surface area contributed by atoms with Crippen molar-refractivity contribution in [2.75, 3.05) is 5.43 Å². The van der Waals surface area contributed by atoms with E-state index in [0.717, 1.165) is 27.0 Å². The van der Waals surface area contributed by atoms with Crippen molar-refractivity contribution < 1.29 is 0 Å². The summed E-state index contributed by atoms with van der Waals surface area (Å²) in [7, 11) is 0. The fourth-order valence-corrected chi connectivity index (χ4v) is 2.76. The molecule has 0 spiro atoms. The second-order valence-corrected chi connectivity index (χ2v) is 6.07. The number of hydrogen-bond donors (Lipinski definition) is 1. The predicted octanol–water partition coefficient (Wildman–Crippen LogP) is 5.22. The highest BCUT2D eigenvalue weighted by atomic mass is 35.5. The van der Waals surface area contributed by atoms with Gasteiger partial charge in [0.1, 0.15) is 0 Å². The number of rotatable bonds is 4. The number of anilines is 1. The van der Waals surface area contributed by atoms with Gasteiger partial charge in [0.05, 0.1) is 11.9 Å². The molecule has 0 amide bonds. The molecule has 110 valence electrons. The van der Waals surface area contributed by atoms with Crippen molar-refractivity contribution in [1.82, 2.24) is 4.98 Å². The van der Waals surface area contributed by atoms with Crippen LogP contribution in [0.3, 0.4) is 0 Å². The molecular weight excluding hydrogens is 314 g/mol. The number of nitrogens with one attached hydrogen (secondary N) is 1. The van der Waals surface area contributed by atoms with Crippen LogP contribution < -0.4 is 5.43 Å². The van der Waals surface area contributed by atoms with E-state index in [9.17, 15) is 0 Å². The average Bonchev–Trinajstić information content (AvgIpc) is 2.99. The van der Waals surface area contributed by atoms with Crippen molar-refractivity contribution in [2.24, 2.45) is 5.10 Å². The van der Waals surface area contributed by atoms with Gasteiger partial charge in [-0.15, -0.1) is 11.3 Å². The Kier molecular flexibility index (Phi) is 4.51. The quantitative estimate of drug-likeness (QED) is 0.527. The van der Waals surface area contributed by atoms with E-state index in [1.54, 1.807) is 6.21 Å². The molecule has 5 heteroatoms. The summed E-state index contributed by atoms with van der Waals surface area (Å²) in [5.74, 6) is 0. The summed E-state index contributed by atoms with van der Waals surface area (Å²) in [6.07, 6.45) is 1.80. The van der Waals surface area contributed by atoms with Crippen molar-refractivity contribution in [3.63, 3.8) is 0 Å². The molecule has 22 heavy (non-hydrogen) atoms. The third kappa shape index (κ3) is 3.53. The molecule has 3 rings (SSSR count). The van der Waals surface area contributed by atoms with Crippen LogP contribution in [-0.4, -0.2) is 11.2 Å². The van der Waals surface area contributed by atoms with Gasteiger partial charge in [-0.05, 0) is 30.2 Å². The van der Waals surface area contributed by atoms with Gasteiger partial charge < -0.3 is 0 Å². The Morgan fingerprint density at radius 3 is 2.68 bits per heavy atom. The largest absolute Gasteiger partial charge is 0.253 e. The monoisotopic (exact) mass is 327 g/mol. The summed E-state index contributed by atoms with van der Waals surface area (Å²) >= 11 is 7.41. The zero-order valence-electron chi connectivity index (χ0n) is 12.0. The summed E-state index contributed by atoms with van der Waals surface area (Å²) in [6, 6.07) is 15.7. The molecule has 0 bridgehead atoms. The average molecular weight is 328 g/mol. The fourth-order valence-electron chi connectivity index (χ4n) is 1.97. The summed E-state index contributed by atoms with van der Waals surface area (Å²) in [4.78, 5) is 4.51. The highest BCUT2D eigenvalue weighted by molar-refractivity contribution is 7.14. The standard InChI is InChI=1S/C17H14ClN3S/c1-12-4-2-3-5-14(12)10-19-21-17-20-16(11-22-17)13-6-8-15(18)9-7-13/h2-11H,1H3,(H,20,21)/b19-10+. The van der Waals surface area contributed by atoms with Gasteiger partial charge in [0, 0.05) is 16.0 Å². The van der Waals surface area contributed by atoms with E-state index in [1.165, 1.54) is 16.9 Å². The summed E-state index contributed by atoms with van der Waals surface area (Å²) in [5.41, 5.74) is 7.20. The SMILES string of the molecule is Cc1ccccc1/C=N/Nc1nc(-c2ccc(Cl)cc2)cs1. The Balaban J connectivity index is 1.70. The van der Waals surface area contributed by atoms with Crippen LogP contribution in [0.2, 0.25) is 5.02 Å². The van der Waals surface area contributed by atoms with Crippen LogP contribution in [0, 0.1) is 6.92 Å². The molecule has 0 aliphatic rings. The van der Waals surface area contributed by atoms with Crippen LogP contribution in [0.5, 0.6) is 0 Å². The van der Waals surface area contributed by atoms with Crippen LogP contribution in [0.1, 0.15) is 11.1 Å². The molecule has 3 nitrogen and oxygen atoms in total. The normalized spacial score (nSPS) is 11.0. The maximum Gasteiger partial charge on any atom is 0.203 e. The van der Waals surface area contributed by atoms with Gasteiger partial charge in [0.25, 0.3) is 0 Å². The van der Waals surface area contributed by atoms with Crippen molar-refractivity contribution in [1.29, 1.82) is 0 Å². The molecule has 0 radical (unpaired) electrons. The lowest BCUT2D eigenvalue weighted by molar-refractivity contribution is 1.28. The van der Waals surface area contributed by atoms with Crippen LogP contribution in [0.25, 0.3) is 11.3 Å². The van der Waals surface area contributed by atoms with E-state index in [2.05, 4.69) is 28.5 Å². The van der Waals surface area contributed by atoms with Gasteiger partial charge in [-0.25, -0.2) is 4.98 Å². The molecule has 0 fully saturated rings. The molecule has 0 saturated heterocycles. The van der Waals surface area contributed by atoms with Crippen molar-refractivity contribution in [3.05, 3.63) is 70.1 Å².